The quantitative estimate of drug-likeness (QED) is 0.488. The highest BCUT2D eigenvalue weighted by atomic mass is 79.9. The highest BCUT2D eigenvalue weighted by Crippen LogP contribution is 2.41. The van der Waals surface area contributed by atoms with Crippen molar-refractivity contribution in [2.75, 3.05) is 0 Å². The van der Waals surface area contributed by atoms with Crippen LogP contribution in [0.1, 0.15) is 21.4 Å². The molecule has 1 aromatic heterocycles. The summed E-state index contributed by atoms with van der Waals surface area (Å²) in [5, 5.41) is 0.455. The first kappa shape index (κ1) is 13.9. The van der Waals surface area contributed by atoms with Crippen molar-refractivity contribution in [2.24, 2.45) is 0 Å². The summed E-state index contributed by atoms with van der Waals surface area (Å²) in [6.07, 6.45) is 0. The molecule has 0 radical (unpaired) electrons. The van der Waals surface area contributed by atoms with Gasteiger partial charge in [-0.05, 0) is 62.0 Å². The van der Waals surface area contributed by atoms with Gasteiger partial charge in [-0.15, -0.1) is 22.9 Å². The predicted molar refractivity (Wildman–Crippen MR) is 83.6 cm³/mol. The Labute approximate surface area is 131 Å². The van der Waals surface area contributed by atoms with Gasteiger partial charge in [-0.2, -0.15) is 0 Å². The van der Waals surface area contributed by atoms with E-state index in [0.717, 1.165) is 19.4 Å². The van der Waals surface area contributed by atoms with Crippen LogP contribution in [-0.2, 0) is 0 Å². The average molecular weight is 415 g/mol. The van der Waals surface area contributed by atoms with Gasteiger partial charge in [0.2, 0.25) is 0 Å². The Kier molecular flexibility index (Phi) is 4.59. The van der Waals surface area contributed by atoms with E-state index in [9.17, 15) is 0 Å². The Balaban J connectivity index is 2.47. The number of halogens is 4. The van der Waals surface area contributed by atoms with Crippen LogP contribution in [0, 0.1) is 6.92 Å². The Morgan fingerprint density at radius 3 is 2.53 bits per heavy atom. The molecule has 0 nitrogen and oxygen atoms in total. The van der Waals surface area contributed by atoms with Crippen molar-refractivity contribution < 1.29 is 0 Å². The smallest absolute Gasteiger partial charge is 0.0861 e. The van der Waals surface area contributed by atoms with Gasteiger partial charge < -0.3 is 0 Å². The summed E-state index contributed by atoms with van der Waals surface area (Å²) < 4.78 is 1.95. The molecule has 0 aliphatic rings. The Hall–Kier alpha value is 0.460. The molecule has 0 N–H and O–H groups in total. The van der Waals surface area contributed by atoms with Crippen molar-refractivity contribution in [3.05, 3.63) is 53.6 Å². The maximum atomic E-state index is 6.51. The molecule has 1 unspecified atom stereocenters. The molecule has 0 spiro atoms. The summed E-state index contributed by atoms with van der Waals surface area (Å²) >= 11 is 21.3. The van der Waals surface area contributed by atoms with Crippen LogP contribution >= 0.6 is 66.4 Å². The van der Waals surface area contributed by atoms with E-state index < -0.39 is 0 Å². The fraction of sp³-hybridized carbons (Fsp3) is 0.167. The normalized spacial score (nSPS) is 12.8. The Morgan fingerprint density at radius 2 is 1.94 bits per heavy atom. The first-order chi connectivity index (χ1) is 8.00. The van der Waals surface area contributed by atoms with E-state index in [1.807, 2.05) is 18.2 Å². The van der Waals surface area contributed by atoms with Gasteiger partial charge in [0.1, 0.15) is 0 Å². The summed E-state index contributed by atoms with van der Waals surface area (Å²) in [7, 11) is 0. The van der Waals surface area contributed by atoms with Crippen LogP contribution in [0.15, 0.2) is 32.5 Å². The lowest BCUT2D eigenvalue weighted by Crippen LogP contribution is -1.94. The molecule has 0 aliphatic carbocycles. The molecule has 2 aromatic rings. The first-order valence-electron chi connectivity index (χ1n) is 4.84. The van der Waals surface area contributed by atoms with Gasteiger partial charge in [0.25, 0.3) is 0 Å². The Bertz CT molecular complexity index is 551. The predicted octanol–water partition coefficient (Wildman–Crippen LogP) is 6.56. The average Bonchev–Trinajstić information content (AvgIpc) is 2.61. The second-order valence-corrected chi connectivity index (χ2v) is 7.87. The second kappa shape index (κ2) is 5.62. The monoisotopic (exact) mass is 412 g/mol. The molecule has 90 valence electrons. The zero-order valence-corrected chi connectivity index (χ0v) is 14.3. The van der Waals surface area contributed by atoms with Crippen molar-refractivity contribution in [2.45, 2.75) is 12.3 Å². The van der Waals surface area contributed by atoms with E-state index >= 15 is 0 Å². The summed E-state index contributed by atoms with van der Waals surface area (Å²) in [5.74, 6) is 0. The topological polar surface area (TPSA) is 0 Å². The maximum absolute atomic E-state index is 6.51. The lowest BCUT2D eigenvalue weighted by molar-refractivity contribution is 1.13. The fourth-order valence-electron chi connectivity index (χ4n) is 1.59. The minimum absolute atomic E-state index is 0.220. The molecular formula is C12H8Br2Cl2S. The van der Waals surface area contributed by atoms with E-state index in [1.165, 1.54) is 4.88 Å². The molecule has 5 heteroatoms. The summed E-state index contributed by atoms with van der Waals surface area (Å²) in [5.41, 5.74) is 2.03. The maximum Gasteiger partial charge on any atom is 0.0861 e. The number of rotatable bonds is 2. The number of alkyl halides is 1. The molecule has 0 aliphatic heterocycles. The SMILES string of the molecule is Cc1sc(Br)cc1C(Cl)c1cccc(Br)c1Cl. The van der Waals surface area contributed by atoms with Crippen LogP contribution in [0.4, 0.5) is 0 Å². The second-order valence-electron chi connectivity index (χ2n) is 3.57. The summed E-state index contributed by atoms with van der Waals surface area (Å²) in [4.78, 5) is 1.20. The standard InChI is InChI=1S/C12H8Br2Cl2S/c1-6-8(5-10(14)17-6)11(15)7-3-2-4-9(13)12(7)16/h2-5,11H,1H3. The summed E-state index contributed by atoms with van der Waals surface area (Å²) in [6.45, 7) is 2.06. The van der Waals surface area contributed by atoms with Crippen molar-refractivity contribution in [1.29, 1.82) is 0 Å². The van der Waals surface area contributed by atoms with E-state index in [0.29, 0.717) is 5.02 Å². The fourth-order valence-corrected chi connectivity index (χ4v) is 4.49. The van der Waals surface area contributed by atoms with E-state index in [1.54, 1.807) is 11.3 Å². The molecule has 0 saturated carbocycles. The number of thiophene rings is 1. The van der Waals surface area contributed by atoms with E-state index in [2.05, 4.69) is 44.8 Å². The molecular weight excluding hydrogens is 407 g/mol. The third-order valence-electron chi connectivity index (χ3n) is 2.45. The first-order valence-corrected chi connectivity index (χ1v) is 8.06. The third-order valence-corrected chi connectivity index (χ3v) is 5.80. The minimum atomic E-state index is -0.220. The lowest BCUT2D eigenvalue weighted by atomic mass is 10.1. The van der Waals surface area contributed by atoms with Gasteiger partial charge in [-0.3, -0.25) is 0 Å². The van der Waals surface area contributed by atoms with Gasteiger partial charge in [0, 0.05) is 9.35 Å². The third kappa shape index (κ3) is 2.90. The molecule has 17 heavy (non-hydrogen) atoms. The van der Waals surface area contributed by atoms with Crippen LogP contribution < -0.4 is 0 Å². The zero-order valence-electron chi connectivity index (χ0n) is 8.81. The molecule has 0 amide bonds. The van der Waals surface area contributed by atoms with Crippen LogP contribution in [-0.4, -0.2) is 0 Å². The molecule has 0 fully saturated rings. The molecule has 1 heterocycles. The van der Waals surface area contributed by atoms with Crippen LogP contribution in [0.2, 0.25) is 5.02 Å². The van der Waals surface area contributed by atoms with E-state index in [4.69, 9.17) is 23.2 Å². The van der Waals surface area contributed by atoms with Crippen molar-refractivity contribution in [3.8, 4) is 0 Å². The lowest BCUT2D eigenvalue weighted by Gasteiger charge is -2.12. The highest BCUT2D eigenvalue weighted by Gasteiger charge is 2.19. The number of hydrogen-bond donors (Lipinski definition) is 0. The molecule has 1 aromatic carbocycles. The van der Waals surface area contributed by atoms with Crippen molar-refractivity contribution in [1.82, 2.24) is 0 Å². The van der Waals surface area contributed by atoms with Gasteiger partial charge in [0.15, 0.2) is 0 Å². The van der Waals surface area contributed by atoms with Crippen molar-refractivity contribution in [3.63, 3.8) is 0 Å². The number of benzene rings is 1. The molecule has 0 bridgehead atoms. The van der Waals surface area contributed by atoms with Gasteiger partial charge in [0.05, 0.1) is 14.2 Å². The number of aryl methyl sites for hydroxylation is 1. The largest absolute Gasteiger partial charge is 0.133 e. The Morgan fingerprint density at radius 1 is 1.24 bits per heavy atom. The van der Waals surface area contributed by atoms with Gasteiger partial charge >= 0.3 is 0 Å². The molecule has 1 atom stereocenters. The van der Waals surface area contributed by atoms with Gasteiger partial charge in [-0.1, -0.05) is 23.7 Å². The van der Waals surface area contributed by atoms with E-state index in [-0.39, 0.29) is 5.38 Å². The zero-order chi connectivity index (χ0) is 12.6. The number of hydrogen-bond acceptors (Lipinski definition) is 1. The minimum Gasteiger partial charge on any atom is -0.133 e. The van der Waals surface area contributed by atoms with Gasteiger partial charge in [-0.25, -0.2) is 0 Å². The molecule has 2 rings (SSSR count). The van der Waals surface area contributed by atoms with Crippen molar-refractivity contribution >= 4 is 66.4 Å². The van der Waals surface area contributed by atoms with Crippen LogP contribution in [0.5, 0.6) is 0 Å². The summed E-state index contributed by atoms with van der Waals surface area (Å²) in [6, 6.07) is 7.86. The van der Waals surface area contributed by atoms with Crippen LogP contribution in [0.3, 0.4) is 0 Å². The van der Waals surface area contributed by atoms with Crippen LogP contribution in [0.25, 0.3) is 0 Å². The molecule has 0 saturated heterocycles. The highest BCUT2D eigenvalue weighted by molar-refractivity contribution is 9.11.